The Labute approximate surface area is 107 Å². The van der Waals surface area contributed by atoms with E-state index in [9.17, 15) is 0 Å². The van der Waals surface area contributed by atoms with Crippen molar-refractivity contribution in [3.8, 4) is 0 Å². The summed E-state index contributed by atoms with van der Waals surface area (Å²) in [6, 6.07) is 12.2. The highest BCUT2D eigenvalue weighted by atomic mass is 15.2. The van der Waals surface area contributed by atoms with Crippen LogP contribution in [0.4, 0.5) is 5.82 Å². The predicted octanol–water partition coefficient (Wildman–Crippen LogP) is 1.75. The van der Waals surface area contributed by atoms with E-state index in [1.165, 1.54) is 5.56 Å². The number of aryl methyl sites for hydroxylation is 1. The lowest BCUT2D eigenvalue weighted by Gasteiger charge is -2.23. The summed E-state index contributed by atoms with van der Waals surface area (Å²) in [4.78, 5) is 10.7. The summed E-state index contributed by atoms with van der Waals surface area (Å²) in [5.74, 6) is 1.71. The molecule has 0 radical (unpaired) electrons. The van der Waals surface area contributed by atoms with Crippen LogP contribution in [0.15, 0.2) is 42.6 Å². The Morgan fingerprint density at radius 2 is 1.94 bits per heavy atom. The maximum atomic E-state index is 5.67. The fraction of sp³-hybridized carbons (Fsp3) is 0.286. The Kier molecular flexibility index (Phi) is 4.25. The third-order valence-electron chi connectivity index (χ3n) is 2.70. The minimum atomic E-state index is 0.607. The average molecular weight is 242 g/mol. The van der Waals surface area contributed by atoms with Gasteiger partial charge in [-0.15, -0.1) is 0 Å². The summed E-state index contributed by atoms with van der Waals surface area (Å²) in [5.41, 5.74) is 6.93. The van der Waals surface area contributed by atoms with Crippen molar-refractivity contribution in [2.75, 3.05) is 18.0 Å². The molecular weight excluding hydrogens is 224 g/mol. The molecule has 0 fully saturated rings. The summed E-state index contributed by atoms with van der Waals surface area (Å²) in [6.45, 7) is 4.10. The van der Waals surface area contributed by atoms with Gasteiger partial charge in [0.05, 0.1) is 0 Å². The van der Waals surface area contributed by atoms with Gasteiger partial charge in [-0.3, -0.25) is 0 Å². The summed E-state index contributed by atoms with van der Waals surface area (Å²) < 4.78 is 0. The second-order valence-corrected chi connectivity index (χ2v) is 4.16. The third-order valence-corrected chi connectivity index (χ3v) is 2.70. The molecule has 2 N–H and O–H groups in total. The Morgan fingerprint density at radius 1 is 1.17 bits per heavy atom. The quantitative estimate of drug-likeness (QED) is 0.868. The molecule has 0 saturated heterocycles. The molecule has 1 heterocycles. The van der Waals surface area contributed by atoms with Gasteiger partial charge in [0, 0.05) is 25.8 Å². The molecule has 0 unspecified atom stereocenters. The van der Waals surface area contributed by atoms with Gasteiger partial charge in [-0.2, -0.15) is 0 Å². The second kappa shape index (κ2) is 6.12. The van der Waals surface area contributed by atoms with Crippen molar-refractivity contribution in [3.63, 3.8) is 0 Å². The van der Waals surface area contributed by atoms with E-state index < -0.39 is 0 Å². The van der Waals surface area contributed by atoms with Crippen LogP contribution in [0.3, 0.4) is 0 Å². The van der Waals surface area contributed by atoms with Crippen LogP contribution in [-0.2, 0) is 6.54 Å². The molecule has 4 nitrogen and oxygen atoms in total. The number of benzene rings is 1. The van der Waals surface area contributed by atoms with Gasteiger partial charge in [-0.05, 0) is 18.6 Å². The highest BCUT2D eigenvalue weighted by Crippen LogP contribution is 2.13. The molecule has 2 rings (SSSR count). The monoisotopic (exact) mass is 242 g/mol. The topological polar surface area (TPSA) is 55.0 Å². The first-order chi connectivity index (χ1) is 8.79. The molecule has 0 spiro atoms. The van der Waals surface area contributed by atoms with Gasteiger partial charge in [0.25, 0.3) is 0 Å². The molecule has 94 valence electrons. The summed E-state index contributed by atoms with van der Waals surface area (Å²) in [6.07, 6.45) is 1.78. The smallest absolute Gasteiger partial charge is 0.132 e. The standard InChI is InChI=1S/C14H18N4/c1-12-16-9-7-14(17-12)18(10-8-15)11-13-5-3-2-4-6-13/h2-7,9H,8,10-11,15H2,1H3. The van der Waals surface area contributed by atoms with E-state index in [4.69, 9.17) is 5.73 Å². The van der Waals surface area contributed by atoms with Crippen molar-refractivity contribution < 1.29 is 0 Å². The lowest BCUT2D eigenvalue weighted by atomic mass is 10.2. The summed E-state index contributed by atoms with van der Waals surface area (Å²) in [7, 11) is 0. The number of anilines is 1. The molecule has 0 amide bonds. The van der Waals surface area contributed by atoms with E-state index >= 15 is 0 Å². The van der Waals surface area contributed by atoms with Gasteiger partial charge < -0.3 is 10.6 Å². The molecule has 4 heteroatoms. The van der Waals surface area contributed by atoms with Crippen LogP contribution >= 0.6 is 0 Å². The minimum absolute atomic E-state index is 0.607. The molecule has 0 atom stereocenters. The fourth-order valence-corrected chi connectivity index (χ4v) is 1.85. The molecule has 18 heavy (non-hydrogen) atoms. The zero-order valence-corrected chi connectivity index (χ0v) is 10.6. The van der Waals surface area contributed by atoms with E-state index in [1.54, 1.807) is 6.20 Å². The molecule has 0 aliphatic heterocycles. The number of nitrogens with zero attached hydrogens (tertiary/aromatic N) is 3. The molecule has 0 aliphatic carbocycles. The van der Waals surface area contributed by atoms with Gasteiger partial charge in [0.2, 0.25) is 0 Å². The Hall–Kier alpha value is -1.94. The van der Waals surface area contributed by atoms with Crippen LogP contribution in [-0.4, -0.2) is 23.1 Å². The molecular formula is C14H18N4. The van der Waals surface area contributed by atoms with Crippen LogP contribution in [0, 0.1) is 6.92 Å². The van der Waals surface area contributed by atoms with Crippen molar-refractivity contribution in [2.45, 2.75) is 13.5 Å². The van der Waals surface area contributed by atoms with Crippen molar-refractivity contribution in [1.29, 1.82) is 0 Å². The van der Waals surface area contributed by atoms with E-state index in [0.29, 0.717) is 6.54 Å². The van der Waals surface area contributed by atoms with Gasteiger partial charge in [-0.1, -0.05) is 30.3 Å². The summed E-state index contributed by atoms with van der Waals surface area (Å²) in [5, 5.41) is 0. The highest BCUT2D eigenvalue weighted by Gasteiger charge is 2.08. The SMILES string of the molecule is Cc1nccc(N(CCN)Cc2ccccc2)n1. The van der Waals surface area contributed by atoms with Crippen molar-refractivity contribution in [3.05, 3.63) is 54.0 Å². The number of aromatic nitrogens is 2. The lowest BCUT2D eigenvalue weighted by molar-refractivity contribution is 0.769. The van der Waals surface area contributed by atoms with Gasteiger partial charge in [0.15, 0.2) is 0 Å². The summed E-state index contributed by atoms with van der Waals surface area (Å²) >= 11 is 0. The van der Waals surface area contributed by atoms with Crippen molar-refractivity contribution in [1.82, 2.24) is 9.97 Å². The van der Waals surface area contributed by atoms with Crippen LogP contribution < -0.4 is 10.6 Å². The van der Waals surface area contributed by atoms with E-state index in [0.717, 1.165) is 24.7 Å². The van der Waals surface area contributed by atoms with Crippen molar-refractivity contribution >= 4 is 5.82 Å². The first-order valence-electron chi connectivity index (χ1n) is 6.08. The number of nitrogens with two attached hydrogens (primary N) is 1. The first kappa shape index (κ1) is 12.5. The molecule has 0 saturated carbocycles. The molecule has 0 aliphatic rings. The molecule has 2 aromatic rings. The minimum Gasteiger partial charge on any atom is -0.351 e. The maximum Gasteiger partial charge on any atom is 0.132 e. The van der Waals surface area contributed by atoms with Crippen LogP contribution in [0.1, 0.15) is 11.4 Å². The Morgan fingerprint density at radius 3 is 2.61 bits per heavy atom. The number of hydrogen-bond donors (Lipinski definition) is 1. The van der Waals surface area contributed by atoms with Gasteiger partial charge in [-0.25, -0.2) is 9.97 Å². The Balaban J connectivity index is 2.18. The second-order valence-electron chi connectivity index (χ2n) is 4.16. The van der Waals surface area contributed by atoms with E-state index in [-0.39, 0.29) is 0 Å². The Bertz CT molecular complexity index is 484. The van der Waals surface area contributed by atoms with Crippen LogP contribution in [0.25, 0.3) is 0 Å². The molecule has 1 aromatic carbocycles. The zero-order chi connectivity index (χ0) is 12.8. The highest BCUT2D eigenvalue weighted by molar-refractivity contribution is 5.38. The largest absolute Gasteiger partial charge is 0.351 e. The van der Waals surface area contributed by atoms with Crippen molar-refractivity contribution in [2.24, 2.45) is 5.73 Å². The predicted molar refractivity (Wildman–Crippen MR) is 73.3 cm³/mol. The maximum absolute atomic E-state index is 5.67. The van der Waals surface area contributed by atoms with Crippen LogP contribution in [0.5, 0.6) is 0 Å². The third kappa shape index (κ3) is 3.28. The van der Waals surface area contributed by atoms with E-state index in [1.807, 2.05) is 31.2 Å². The number of rotatable bonds is 5. The number of hydrogen-bond acceptors (Lipinski definition) is 4. The first-order valence-corrected chi connectivity index (χ1v) is 6.08. The normalized spacial score (nSPS) is 10.3. The lowest BCUT2D eigenvalue weighted by Crippen LogP contribution is -2.29. The van der Waals surface area contributed by atoms with Gasteiger partial charge in [0.1, 0.15) is 11.6 Å². The van der Waals surface area contributed by atoms with Crippen LogP contribution in [0.2, 0.25) is 0 Å². The fourth-order valence-electron chi connectivity index (χ4n) is 1.85. The average Bonchev–Trinajstić information content (AvgIpc) is 2.39. The van der Waals surface area contributed by atoms with E-state index in [2.05, 4.69) is 27.0 Å². The van der Waals surface area contributed by atoms with Gasteiger partial charge >= 0.3 is 0 Å². The molecule has 0 bridgehead atoms. The zero-order valence-electron chi connectivity index (χ0n) is 10.6. The molecule has 1 aromatic heterocycles.